The molecule has 0 radical (unpaired) electrons. The molecule has 1 unspecified atom stereocenters. The van der Waals surface area contributed by atoms with Gasteiger partial charge in [-0.3, -0.25) is 0 Å². The fourth-order valence-corrected chi connectivity index (χ4v) is 8.07. The predicted molar refractivity (Wildman–Crippen MR) is 65.0 cm³/mol. The van der Waals surface area contributed by atoms with Gasteiger partial charge in [0.05, 0.1) is 0 Å². The second kappa shape index (κ2) is 4.39. The number of hydrogen-bond acceptors (Lipinski definition) is 0. The van der Waals surface area contributed by atoms with Gasteiger partial charge in [-0.25, -0.2) is 0 Å². The van der Waals surface area contributed by atoms with E-state index < -0.39 is 0 Å². The SMILES string of the molecule is Cc1p[pH]pc1Cc1ccccc1. The Bertz CT molecular complexity index is 378. The predicted octanol–water partition coefficient (Wildman–Crippen LogP) is 4.78. The van der Waals surface area contributed by atoms with Crippen LogP contribution in [0.15, 0.2) is 30.3 Å². The molecule has 0 saturated carbocycles. The fourth-order valence-electron chi connectivity index (χ4n) is 1.26. The molecule has 1 aromatic heterocycles. The quantitative estimate of drug-likeness (QED) is 0.688. The van der Waals surface area contributed by atoms with Gasteiger partial charge in [0.25, 0.3) is 0 Å². The van der Waals surface area contributed by atoms with Gasteiger partial charge in [-0.2, -0.15) is 0 Å². The smallest absolute Gasteiger partial charge is 0.00273 e. The number of hydrogen-bond donors (Lipinski definition) is 0. The molecular formula is C10H11P3. The molecule has 3 heteroatoms. The van der Waals surface area contributed by atoms with E-state index in [-0.39, 0.29) is 0 Å². The zero-order valence-electron chi connectivity index (χ0n) is 7.49. The Morgan fingerprint density at radius 2 is 1.92 bits per heavy atom. The third kappa shape index (κ3) is 2.41. The van der Waals surface area contributed by atoms with Gasteiger partial charge in [0.15, 0.2) is 0 Å². The molecule has 0 aliphatic heterocycles. The third-order valence-corrected chi connectivity index (χ3v) is 8.00. The summed E-state index contributed by atoms with van der Waals surface area (Å²) in [5.41, 5.74) is 1.45. The molecule has 0 spiro atoms. The minimum absolute atomic E-state index is 1.09. The molecule has 0 nitrogen and oxygen atoms in total. The van der Waals surface area contributed by atoms with Crippen LogP contribution in [0.25, 0.3) is 0 Å². The molecule has 1 heterocycles. The first-order valence-electron chi connectivity index (χ1n) is 4.26. The summed E-state index contributed by atoms with van der Waals surface area (Å²) in [6, 6.07) is 10.8. The second-order valence-electron chi connectivity index (χ2n) is 3.02. The molecule has 66 valence electrons. The van der Waals surface area contributed by atoms with Gasteiger partial charge in [-0.1, -0.05) is 37.9 Å². The summed E-state index contributed by atoms with van der Waals surface area (Å²) in [5.74, 6) is 0. The van der Waals surface area contributed by atoms with E-state index in [9.17, 15) is 0 Å². The highest BCUT2D eigenvalue weighted by Crippen LogP contribution is 2.42. The van der Waals surface area contributed by atoms with Gasteiger partial charge in [0, 0.05) is 6.42 Å². The van der Waals surface area contributed by atoms with Gasteiger partial charge in [-0.15, -0.1) is 0 Å². The van der Waals surface area contributed by atoms with Crippen LogP contribution in [0.3, 0.4) is 0 Å². The maximum atomic E-state index is 2.27. The normalized spacial score (nSPS) is 12.1. The summed E-state index contributed by atoms with van der Waals surface area (Å²) in [6.07, 6.45) is 1.16. The topological polar surface area (TPSA) is 0 Å². The highest BCUT2D eigenvalue weighted by atomic mass is 32.1. The van der Waals surface area contributed by atoms with Crippen LogP contribution in [0.1, 0.15) is 16.2 Å². The van der Waals surface area contributed by atoms with E-state index in [0.717, 1.165) is 14.0 Å². The summed E-state index contributed by atoms with van der Waals surface area (Å²) in [5, 5.41) is 3.25. The van der Waals surface area contributed by atoms with E-state index in [2.05, 4.69) is 37.3 Å². The highest BCUT2D eigenvalue weighted by Gasteiger charge is 2.00. The van der Waals surface area contributed by atoms with Crippen LogP contribution in [0.5, 0.6) is 0 Å². The Labute approximate surface area is 83.5 Å². The molecule has 2 aromatic rings. The van der Waals surface area contributed by atoms with Crippen molar-refractivity contribution in [2.45, 2.75) is 13.3 Å². The molecule has 0 amide bonds. The molecule has 0 fully saturated rings. The summed E-state index contributed by atoms with van der Waals surface area (Å²) in [4.78, 5) is 0. The van der Waals surface area contributed by atoms with Crippen molar-refractivity contribution in [2.24, 2.45) is 0 Å². The van der Waals surface area contributed by atoms with Crippen LogP contribution >= 0.6 is 23.3 Å². The first-order valence-corrected chi connectivity index (χ1v) is 8.73. The van der Waals surface area contributed by atoms with Crippen molar-refractivity contribution in [3.63, 3.8) is 0 Å². The van der Waals surface area contributed by atoms with Crippen LogP contribution in [0.2, 0.25) is 0 Å². The van der Waals surface area contributed by atoms with E-state index in [1.54, 1.807) is 26.3 Å². The molecule has 1 aromatic carbocycles. The summed E-state index contributed by atoms with van der Waals surface area (Å²) in [6.45, 7) is 2.27. The molecule has 2 rings (SSSR count). The Morgan fingerprint density at radius 3 is 2.54 bits per heavy atom. The van der Waals surface area contributed by atoms with Crippen molar-refractivity contribution < 1.29 is 0 Å². The molecular weight excluding hydrogens is 213 g/mol. The van der Waals surface area contributed by atoms with Crippen LogP contribution in [-0.2, 0) is 6.42 Å². The number of aryl methyl sites for hydroxylation is 1. The van der Waals surface area contributed by atoms with E-state index in [0.29, 0.717) is 0 Å². The summed E-state index contributed by atoms with van der Waals surface area (Å²) < 4.78 is 0. The molecule has 0 bridgehead atoms. The van der Waals surface area contributed by atoms with Gasteiger partial charge < -0.3 is 0 Å². The first kappa shape index (κ1) is 9.42. The minimum Gasteiger partial charge on any atom is -0.0813 e. The zero-order chi connectivity index (χ0) is 9.10. The summed E-state index contributed by atoms with van der Waals surface area (Å²) >= 11 is 0. The van der Waals surface area contributed by atoms with Crippen molar-refractivity contribution in [2.75, 3.05) is 0 Å². The fraction of sp³-hybridized carbons (Fsp3) is 0.200. The monoisotopic (exact) mass is 224 g/mol. The lowest BCUT2D eigenvalue weighted by Gasteiger charge is -1.98. The molecule has 0 aliphatic carbocycles. The van der Waals surface area contributed by atoms with Crippen molar-refractivity contribution >= 4 is 23.3 Å². The van der Waals surface area contributed by atoms with Crippen molar-refractivity contribution in [1.29, 1.82) is 0 Å². The van der Waals surface area contributed by atoms with E-state index in [4.69, 9.17) is 0 Å². The van der Waals surface area contributed by atoms with Crippen molar-refractivity contribution in [1.82, 2.24) is 0 Å². The Balaban J connectivity index is 2.20. The molecule has 0 saturated heterocycles. The van der Waals surface area contributed by atoms with Gasteiger partial charge >= 0.3 is 0 Å². The van der Waals surface area contributed by atoms with Gasteiger partial charge in [-0.05, 0) is 38.8 Å². The standard InChI is InChI=1S/C10H11P3/c1-8-10(12-13-11-8)7-9-5-3-2-4-6-9/h2-6,13H,7H2,1H3. The molecule has 0 aliphatic rings. The largest absolute Gasteiger partial charge is 0.0813 e. The Hall–Kier alpha value is -0.140. The number of benzene rings is 1. The Kier molecular flexibility index (Phi) is 3.18. The molecule has 1 atom stereocenters. The zero-order valence-corrected chi connectivity index (χ0v) is 10.3. The van der Waals surface area contributed by atoms with Crippen molar-refractivity contribution in [3.8, 4) is 0 Å². The van der Waals surface area contributed by atoms with Gasteiger partial charge in [0.1, 0.15) is 0 Å². The lowest BCUT2D eigenvalue weighted by atomic mass is 10.1. The highest BCUT2D eigenvalue weighted by molar-refractivity contribution is 8.17. The van der Waals surface area contributed by atoms with Crippen LogP contribution < -0.4 is 0 Å². The first-order chi connectivity index (χ1) is 6.36. The Morgan fingerprint density at radius 1 is 1.15 bits per heavy atom. The van der Waals surface area contributed by atoms with E-state index >= 15 is 0 Å². The summed E-state index contributed by atoms with van der Waals surface area (Å²) in [7, 11) is 4.23. The van der Waals surface area contributed by atoms with Gasteiger partial charge in [0.2, 0.25) is 0 Å². The molecule has 0 N–H and O–H groups in total. The second-order valence-corrected chi connectivity index (χ2v) is 8.62. The van der Waals surface area contributed by atoms with Crippen molar-refractivity contribution in [3.05, 3.63) is 46.5 Å². The van der Waals surface area contributed by atoms with Crippen LogP contribution in [0.4, 0.5) is 0 Å². The lowest BCUT2D eigenvalue weighted by molar-refractivity contribution is 1.22. The van der Waals surface area contributed by atoms with Crippen LogP contribution in [0, 0.1) is 6.92 Å². The lowest BCUT2D eigenvalue weighted by Crippen LogP contribution is -1.83. The average Bonchev–Trinajstić information content (AvgIpc) is 2.54. The van der Waals surface area contributed by atoms with Crippen LogP contribution in [-0.4, -0.2) is 0 Å². The number of rotatable bonds is 2. The third-order valence-electron chi connectivity index (χ3n) is 2.03. The minimum atomic E-state index is 1.09. The van der Waals surface area contributed by atoms with E-state index in [1.165, 1.54) is 5.56 Å². The van der Waals surface area contributed by atoms with E-state index in [1.807, 2.05) is 0 Å². The maximum absolute atomic E-state index is 2.27. The maximum Gasteiger partial charge on any atom is 0.00273 e. The molecule has 13 heavy (non-hydrogen) atoms. The average molecular weight is 224 g/mol.